The van der Waals surface area contributed by atoms with Crippen molar-refractivity contribution in [2.45, 2.75) is 13.5 Å². The van der Waals surface area contributed by atoms with Gasteiger partial charge in [-0.05, 0) is 30.7 Å². The summed E-state index contributed by atoms with van der Waals surface area (Å²) in [5, 5.41) is 7.53. The number of rotatable bonds is 3. The molecule has 96 valence electrons. The second-order valence-corrected chi connectivity index (χ2v) is 5.38. The third-order valence-electron chi connectivity index (χ3n) is 2.65. The summed E-state index contributed by atoms with van der Waals surface area (Å²) in [5.74, 6) is 0.739. The molecule has 0 bridgehead atoms. The van der Waals surface area contributed by atoms with E-state index in [9.17, 15) is 0 Å². The van der Waals surface area contributed by atoms with E-state index < -0.39 is 0 Å². The molecule has 19 heavy (non-hydrogen) atoms. The third kappa shape index (κ3) is 2.67. The van der Waals surface area contributed by atoms with Crippen LogP contribution >= 0.6 is 22.9 Å². The number of hydrogen-bond acceptors (Lipinski definition) is 5. The van der Waals surface area contributed by atoms with Crippen molar-refractivity contribution >= 4 is 39.7 Å². The molecule has 2 heterocycles. The minimum Gasteiger partial charge on any atom is -0.363 e. The summed E-state index contributed by atoms with van der Waals surface area (Å²) in [6.45, 7) is 2.62. The molecule has 0 unspecified atom stereocenters. The van der Waals surface area contributed by atoms with Crippen LogP contribution in [0.4, 0.5) is 5.82 Å². The first-order valence-corrected chi connectivity index (χ1v) is 7.05. The molecule has 0 saturated heterocycles. The van der Waals surface area contributed by atoms with E-state index in [0.29, 0.717) is 6.54 Å². The Kier molecular flexibility index (Phi) is 3.31. The topological polar surface area (TPSA) is 50.7 Å². The highest BCUT2D eigenvalue weighted by atomic mass is 35.5. The molecule has 0 atom stereocenters. The Morgan fingerprint density at radius 3 is 2.84 bits per heavy atom. The summed E-state index contributed by atoms with van der Waals surface area (Å²) in [5.41, 5.74) is 1.87. The van der Waals surface area contributed by atoms with E-state index in [2.05, 4.69) is 20.3 Å². The lowest BCUT2D eigenvalue weighted by molar-refractivity contribution is 1.06. The van der Waals surface area contributed by atoms with Gasteiger partial charge in [0.05, 0.1) is 12.1 Å². The molecule has 1 N–H and O–H groups in total. The van der Waals surface area contributed by atoms with Crippen LogP contribution in [0.25, 0.3) is 10.9 Å². The molecule has 0 aliphatic rings. The number of para-hydroxylation sites is 1. The SMILES string of the molecule is Cc1csc(CNc2nc(Cl)nc3ccccc23)n1. The Balaban J connectivity index is 1.91. The van der Waals surface area contributed by atoms with Gasteiger partial charge in [-0.25, -0.2) is 15.0 Å². The van der Waals surface area contributed by atoms with Gasteiger partial charge in [0.15, 0.2) is 0 Å². The number of aryl methyl sites for hydroxylation is 1. The molecule has 1 aromatic carbocycles. The molecule has 3 rings (SSSR count). The van der Waals surface area contributed by atoms with Crippen molar-refractivity contribution in [1.82, 2.24) is 15.0 Å². The normalized spacial score (nSPS) is 10.8. The molecule has 0 fully saturated rings. The van der Waals surface area contributed by atoms with E-state index in [-0.39, 0.29) is 5.28 Å². The van der Waals surface area contributed by atoms with Crippen LogP contribution in [0.5, 0.6) is 0 Å². The van der Waals surface area contributed by atoms with Gasteiger partial charge in [-0.1, -0.05) is 12.1 Å². The fourth-order valence-corrected chi connectivity index (χ4v) is 2.71. The number of nitrogens with zero attached hydrogens (tertiary/aromatic N) is 3. The van der Waals surface area contributed by atoms with E-state index >= 15 is 0 Å². The molecule has 0 aliphatic heterocycles. The van der Waals surface area contributed by atoms with Crippen LogP contribution in [0.1, 0.15) is 10.7 Å². The van der Waals surface area contributed by atoms with Gasteiger partial charge in [-0.2, -0.15) is 0 Å². The van der Waals surface area contributed by atoms with Crippen molar-refractivity contribution in [1.29, 1.82) is 0 Å². The minimum atomic E-state index is 0.247. The van der Waals surface area contributed by atoms with Gasteiger partial charge < -0.3 is 5.32 Å². The molecular formula is C13H11ClN4S. The largest absolute Gasteiger partial charge is 0.363 e. The molecule has 0 radical (unpaired) electrons. The summed E-state index contributed by atoms with van der Waals surface area (Å²) in [4.78, 5) is 12.8. The van der Waals surface area contributed by atoms with Crippen molar-refractivity contribution in [3.63, 3.8) is 0 Å². The molecule has 0 amide bonds. The van der Waals surface area contributed by atoms with Crippen LogP contribution in [0.15, 0.2) is 29.6 Å². The zero-order valence-electron chi connectivity index (χ0n) is 10.2. The van der Waals surface area contributed by atoms with Crippen LogP contribution in [0, 0.1) is 6.92 Å². The monoisotopic (exact) mass is 290 g/mol. The van der Waals surface area contributed by atoms with Crippen LogP contribution in [0.3, 0.4) is 0 Å². The zero-order chi connectivity index (χ0) is 13.2. The lowest BCUT2D eigenvalue weighted by Crippen LogP contribution is -2.03. The van der Waals surface area contributed by atoms with E-state index in [0.717, 1.165) is 27.4 Å². The van der Waals surface area contributed by atoms with Crippen LogP contribution in [0.2, 0.25) is 5.28 Å². The number of benzene rings is 1. The highest BCUT2D eigenvalue weighted by Crippen LogP contribution is 2.22. The molecule has 3 aromatic rings. The molecule has 0 aliphatic carbocycles. The number of aromatic nitrogens is 3. The second kappa shape index (κ2) is 5.11. The number of fused-ring (bicyclic) bond motifs is 1. The average molecular weight is 291 g/mol. The van der Waals surface area contributed by atoms with Gasteiger partial charge in [0.2, 0.25) is 5.28 Å². The Hall–Kier alpha value is -1.72. The maximum atomic E-state index is 5.93. The van der Waals surface area contributed by atoms with Gasteiger partial charge in [-0.3, -0.25) is 0 Å². The van der Waals surface area contributed by atoms with E-state index in [1.807, 2.05) is 36.6 Å². The van der Waals surface area contributed by atoms with Gasteiger partial charge in [-0.15, -0.1) is 11.3 Å². The number of nitrogens with one attached hydrogen (secondary N) is 1. The Labute approximate surface area is 119 Å². The quantitative estimate of drug-likeness (QED) is 0.748. The number of halogens is 1. The standard InChI is InChI=1S/C13H11ClN4S/c1-8-7-19-11(16-8)6-15-12-9-4-2-3-5-10(9)17-13(14)18-12/h2-5,7H,6H2,1H3,(H,15,17,18). The Morgan fingerprint density at radius 1 is 1.21 bits per heavy atom. The van der Waals surface area contributed by atoms with Crippen LogP contribution < -0.4 is 5.32 Å². The Bertz CT molecular complexity index is 725. The van der Waals surface area contributed by atoms with Crippen molar-refractivity contribution < 1.29 is 0 Å². The molecule has 4 nitrogen and oxygen atoms in total. The lowest BCUT2D eigenvalue weighted by Gasteiger charge is -2.07. The fraction of sp³-hybridized carbons (Fsp3) is 0.154. The molecule has 0 spiro atoms. The van der Waals surface area contributed by atoms with Crippen molar-refractivity contribution in [2.24, 2.45) is 0 Å². The molecule has 0 saturated carbocycles. The molecular weight excluding hydrogens is 280 g/mol. The maximum Gasteiger partial charge on any atom is 0.224 e. The van der Waals surface area contributed by atoms with Crippen molar-refractivity contribution in [3.05, 3.63) is 45.6 Å². The average Bonchev–Trinajstić information content (AvgIpc) is 2.81. The van der Waals surface area contributed by atoms with Gasteiger partial charge >= 0.3 is 0 Å². The van der Waals surface area contributed by atoms with Gasteiger partial charge in [0.25, 0.3) is 0 Å². The number of hydrogen-bond donors (Lipinski definition) is 1. The summed E-state index contributed by atoms with van der Waals surface area (Å²) in [6, 6.07) is 7.78. The first kappa shape index (κ1) is 12.3. The van der Waals surface area contributed by atoms with Crippen LogP contribution in [-0.4, -0.2) is 15.0 Å². The summed E-state index contributed by atoms with van der Waals surface area (Å²) >= 11 is 7.56. The first-order valence-electron chi connectivity index (χ1n) is 5.79. The van der Waals surface area contributed by atoms with Crippen molar-refractivity contribution in [2.75, 3.05) is 5.32 Å². The lowest BCUT2D eigenvalue weighted by atomic mass is 10.2. The minimum absolute atomic E-state index is 0.247. The fourth-order valence-electron chi connectivity index (χ4n) is 1.83. The first-order chi connectivity index (χ1) is 9.22. The summed E-state index contributed by atoms with van der Waals surface area (Å²) in [7, 11) is 0. The summed E-state index contributed by atoms with van der Waals surface area (Å²) < 4.78 is 0. The van der Waals surface area contributed by atoms with Gasteiger partial charge in [0.1, 0.15) is 10.8 Å². The van der Waals surface area contributed by atoms with E-state index in [1.54, 1.807) is 11.3 Å². The molecule has 6 heteroatoms. The highest BCUT2D eigenvalue weighted by molar-refractivity contribution is 7.09. The number of thiazole rings is 1. The zero-order valence-corrected chi connectivity index (χ0v) is 11.8. The van der Waals surface area contributed by atoms with E-state index in [1.165, 1.54) is 0 Å². The predicted octanol–water partition coefficient (Wildman–Crippen LogP) is 3.66. The third-order valence-corrected chi connectivity index (χ3v) is 3.79. The van der Waals surface area contributed by atoms with E-state index in [4.69, 9.17) is 11.6 Å². The smallest absolute Gasteiger partial charge is 0.224 e. The predicted molar refractivity (Wildman–Crippen MR) is 78.7 cm³/mol. The second-order valence-electron chi connectivity index (χ2n) is 4.09. The van der Waals surface area contributed by atoms with Gasteiger partial charge in [0, 0.05) is 16.5 Å². The van der Waals surface area contributed by atoms with Crippen molar-refractivity contribution in [3.8, 4) is 0 Å². The van der Waals surface area contributed by atoms with Crippen LogP contribution in [-0.2, 0) is 6.54 Å². The molecule has 2 aromatic heterocycles. The maximum absolute atomic E-state index is 5.93. The Morgan fingerprint density at radius 2 is 2.05 bits per heavy atom. The summed E-state index contributed by atoms with van der Waals surface area (Å²) in [6.07, 6.45) is 0. The highest BCUT2D eigenvalue weighted by Gasteiger charge is 2.06. The number of anilines is 1.